The summed E-state index contributed by atoms with van der Waals surface area (Å²) in [5.41, 5.74) is 2.24. The zero-order valence-electron chi connectivity index (χ0n) is 14.1. The number of hydrogen-bond donors (Lipinski definition) is 1. The molecular weight excluding hydrogens is 381 g/mol. The smallest absolute Gasteiger partial charge is 0.252 e. The second kappa shape index (κ2) is 7.43. The van der Waals surface area contributed by atoms with Crippen LogP contribution in [0.3, 0.4) is 0 Å². The molecule has 134 valence electrons. The fourth-order valence-electron chi connectivity index (χ4n) is 3.10. The topological polar surface area (TPSA) is 50.7 Å². The van der Waals surface area contributed by atoms with Crippen LogP contribution in [0, 0.1) is 0 Å². The Hall–Kier alpha value is -2.82. The maximum atomic E-state index is 13.0. The minimum Gasteiger partial charge on any atom is -0.347 e. The van der Waals surface area contributed by atoms with Gasteiger partial charge in [0.05, 0.1) is 0 Å². The summed E-state index contributed by atoms with van der Waals surface area (Å²) in [6, 6.07) is 18.0. The van der Waals surface area contributed by atoms with Gasteiger partial charge in [0.2, 0.25) is 0 Å². The highest BCUT2D eigenvalue weighted by atomic mass is 35.5. The number of nitrogens with zero attached hydrogens (tertiary/aromatic N) is 2. The van der Waals surface area contributed by atoms with Gasteiger partial charge in [0.1, 0.15) is 11.9 Å². The van der Waals surface area contributed by atoms with E-state index in [-0.39, 0.29) is 11.6 Å². The Balaban J connectivity index is 1.83. The van der Waals surface area contributed by atoms with Crippen molar-refractivity contribution >= 4 is 23.2 Å². The maximum absolute atomic E-state index is 13.0. The van der Waals surface area contributed by atoms with Crippen molar-refractivity contribution in [1.82, 2.24) is 14.5 Å². The molecule has 0 fully saturated rings. The van der Waals surface area contributed by atoms with Crippen LogP contribution in [0.1, 0.15) is 17.4 Å². The lowest BCUT2D eigenvalue weighted by Gasteiger charge is -2.19. The molecule has 0 aliphatic rings. The van der Waals surface area contributed by atoms with Crippen molar-refractivity contribution in [2.45, 2.75) is 6.04 Å². The molecule has 0 radical (unpaired) electrons. The molecule has 0 amide bonds. The number of halogens is 2. The highest BCUT2D eigenvalue weighted by molar-refractivity contribution is 6.35. The standard InChI is InChI=1S/C21H15Cl2N3O/c22-16-6-7-18(23)17(13-16)15-8-11-26(19(27)12-15)20(21-24-9-10-25-21)14-4-2-1-3-5-14/h1-13,20H,(H,24,25)/t20-/m0/s1. The highest BCUT2D eigenvalue weighted by Crippen LogP contribution is 2.30. The molecule has 2 heterocycles. The van der Waals surface area contributed by atoms with E-state index < -0.39 is 0 Å². The Morgan fingerprint density at radius 3 is 2.52 bits per heavy atom. The maximum Gasteiger partial charge on any atom is 0.252 e. The molecule has 2 aromatic carbocycles. The van der Waals surface area contributed by atoms with E-state index in [4.69, 9.17) is 23.2 Å². The molecule has 2 aromatic heterocycles. The first-order valence-electron chi connectivity index (χ1n) is 8.35. The Morgan fingerprint density at radius 2 is 1.81 bits per heavy atom. The molecule has 6 heteroatoms. The van der Waals surface area contributed by atoms with Gasteiger partial charge in [0, 0.05) is 40.3 Å². The van der Waals surface area contributed by atoms with Crippen LogP contribution in [0.5, 0.6) is 0 Å². The van der Waals surface area contributed by atoms with Crippen LogP contribution in [0.2, 0.25) is 10.0 Å². The van der Waals surface area contributed by atoms with Gasteiger partial charge >= 0.3 is 0 Å². The van der Waals surface area contributed by atoms with Gasteiger partial charge in [-0.15, -0.1) is 0 Å². The summed E-state index contributed by atoms with van der Waals surface area (Å²) < 4.78 is 1.65. The number of nitrogens with one attached hydrogen (secondary N) is 1. The summed E-state index contributed by atoms with van der Waals surface area (Å²) in [6.07, 6.45) is 5.18. The van der Waals surface area contributed by atoms with Gasteiger partial charge in [-0.2, -0.15) is 0 Å². The van der Waals surface area contributed by atoms with E-state index in [1.807, 2.05) is 36.4 Å². The first kappa shape index (κ1) is 17.6. The predicted molar refractivity (Wildman–Crippen MR) is 108 cm³/mol. The lowest BCUT2D eigenvalue weighted by Crippen LogP contribution is -2.26. The predicted octanol–water partition coefficient (Wildman–Crippen LogP) is 5.18. The van der Waals surface area contributed by atoms with E-state index >= 15 is 0 Å². The Labute approximate surface area is 166 Å². The van der Waals surface area contributed by atoms with Crippen molar-refractivity contribution < 1.29 is 0 Å². The van der Waals surface area contributed by atoms with Gasteiger partial charge in [-0.25, -0.2) is 4.98 Å². The van der Waals surface area contributed by atoms with Crippen molar-refractivity contribution in [1.29, 1.82) is 0 Å². The molecule has 0 saturated carbocycles. The van der Waals surface area contributed by atoms with E-state index in [0.29, 0.717) is 15.9 Å². The average Bonchev–Trinajstić information content (AvgIpc) is 3.20. The molecule has 0 unspecified atom stereocenters. The number of imidazole rings is 1. The van der Waals surface area contributed by atoms with E-state index in [2.05, 4.69) is 9.97 Å². The van der Waals surface area contributed by atoms with Gasteiger partial charge in [-0.3, -0.25) is 4.79 Å². The third-order valence-corrected chi connectivity index (χ3v) is 4.92. The van der Waals surface area contributed by atoms with Crippen molar-refractivity contribution in [2.75, 3.05) is 0 Å². The number of hydrogen-bond acceptors (Lipinski definition) is 2. The summed E-state index contributed by atoms with van der Waals surface area (Å²) in [7, 11) is 0. The fraction of sp³-hybridized carbons (Fsp3) is 0.0476. The fourth-order valence-corrected chi connectivity index (χ4v) is 3.50. The number of aromatic amines is 1. The van der Waals surface area contributed by atoms with E-state index in [9.17, 15) is 4.79 Å². The van der Waals surface area contributed by atoms with Gasteiger partial charge in [-0.1, -0.05) is 53.5 Å². The van der Waals surface area contributed by atoms with Crippen LogP contribution in [-0.4, -0.2) is 14.5 Å². The highest BCUT2D eigenvalue weighted by Gasteiger charge is 2.20. The lowest BCUT2D eigenvalue weighted by molar-refractivity contribution is 0.620. The number of rotatable bonds is 4. The number of aromatic nitrogens is 3. The van der Waals surface area contributed by atoms with Crippen LogP contribution < -0.4 is 5.56 Å². The third-order valence-electron chi connectivity index (χ3n) is 4.36. The number of H-pyrrole nitrogens is 1. The quantitative estimate of drug-likeness (QED) is 0.517. The van der Waals surface area contributed by atoms with Crippen molar-refractivity contribution in [2.24, 2.45) is 0 Å². The molecule has 1 atom stereocenters. The molecule has 27 heavy (non-hydrogen) atoms. The Kier molecular flexibility index (Phi) is 4.84. The molecule has 1 N–H and O–H groups in total. The summed E-state index contributed by atoms with van der Waals surface area (Å²) in [4.78, 5) is 20.4. The van der Waals surface area contributed by atoms with Crippen molar-refractivity contribution in [3.05, 3.63) is 111 Å². The monoisotopic (exact) mass is 395 g/mol. The van der Waals surface area contributed by atoms with Crippen LogP contribution in [0.25, 0.3) is 11.1 Å². The van der Waals surface area contributed by atoms with Crippen molar-refractivity contribution in [3.8, 4) is 11.1 Å². The molecule has 4 aromatic rings. The molecule has 4 nitrogen and oxygen atoms in total. The number of pyridine rings is 1. The van der Waals surface area contributed by atoms with Gasteiger partial charge in [0.25, 0.3) is 5.56 Å². The Morgan fingerprint density at radius 1 is 1.00 bits per heavy atom. The second-order valence-corrected chi connectivity index (χ2v) is 6.92. The lowest BCUT2D eigenvalue weighted by atomic mass is 10.0. The summed E-state index contributed by atoms with van der Waals surface area (Å²) in [5.74, 6) is 0.692. The first-order valence-corrected chi connectivity index (χ1v) is 9.11. The minimum atomic E-state index is -0.349. The van der Waals surface area contributed by atoms with Gasteiger partial charge in [0.15, 0.2) is 0 Å². The normalized spacial score (nSPS) is 12.1. The van der Waals surface area contributed by atoms with Gasteiger partial charge in [-0.05, 0) is 35.4 Å². The van der Waals surface area contributed by atoms with Crippen LogP contribution in [-0.2, 0) is 0 Å². The summed E-state index contributed by atoms with van der Waals surface area (Å²) >= 11 is 12.4. The molecular formula is C21H15Cl2N3O. The zero-order chi connectivity index (χ0) is 18.8. The third kappa shape index (κ3) is 3.54. The van der Waals surface area contributed by atoms with Gasteiger partial charge < -0.3 is 9.55 Å². The van der Waals surface area contributed by atoms with Crippen LogP contribution in [0.15, 0.2) is 84.0 Å². The largest absolute Gasteiger partial charge is 0.347 e. The van der Waals surface area contributed by atoms with Crippen molar-refractivity contribution in [3.63, 3.8) is 0 Å². The average molecular weight is 396 g/mol. The number of benzene rings is 2. The van der Waals surface area contributed by atoms with E-state index in [1.54, 1.807) is 47.4 Å². The summed E-state index contributed by atoms with van der Waals surface area (Å²) in [6.45, 7) is 0. The van der Waals surface area contributed by atoms with E-state index in [0.717, 1.165) is 16.7 Å². The minimum absolute atomic E-state index is 0.159. The molecule has 0 aliphatic heterocycles. The zero-order valence-corrected chi connectivity index (χ0v) is 15.7. The first-order chi connectivity index (χ1) is 13.1. The molecule has 0 aliphatic carbocycles. The van der Waals surface area contributed by atoms with E-state index in [1.165, 1.54) is 0 Å². The Bertz CT molecular complexity index is 1120. The SMILES string of the molecule is O=c1cc(-c2cc(Cl)ccc2Cl)ccn1[C@@H](c1ccccc1)c1ncc[nH]1. The van der Waals surface area contributed by atoms with Crippen LogP contribution in [0.4, 0.5) is 0 Å². The second-order valence-electron chi connectivity index (χ2n) is 6.07. The molecule has 0 spiro atoms. The molecule has 0 saturated heterocycles. The molecule has 0 bridgehead atoms. The van der Waals surface area contributed by atoms with Crippen LogP contribution >= 0.6 is 23.2 Å². The summed E-state index contributed by atoms with van der Waals surface area (Å²) in [5, 5.41) is 1.11. The molecule has 4 rings (SSSR count).